The van der Waals surface area contributed by atoms with Crippen LogP contribution in [0, 0.1) is 49.7 Å². The van der Waals surface area contributed by atoms with Crippen LogP contribution in [0.4, 0.5) is 14.6 Å². The van der Waals surface area contributed by atoms with Gasteiger partial charge in [0.15, 0.2) is 11.9 Å². The first-order valence-corrected chi connectivity index (χ1v) is 19.2. The number of rotatable bonds is 6. The maximum Gasteiger partial charge on any atom is 0.319 e. The summed E-state index contributed by atoms with van der Waals surface area (Å²) in [6, 6.07) is 5.18. The number of terminal acetylenes is 3. The maximum atomic E-state index is 17.0. The summed E-state index contributed by atoms with van der Waals surface area (Å²) in [5.74, 6) is 0.656. The molecule has 11 nitrogen and oxygen atoms in total. The fourth-order valence-electron chi connectivity index (χ4n) is 8.97. The zero-order chi connectivity index (χ0) is 41.0. The number of halogens is 2. The molecule has 0 saturated carbocycles. The first-order chi connectivity index (χ1) is 27.6. The van der Waals surface area contributed by atoms with Crippen molar-refractivity contribution in [2.45, 2.75) is 88.9 Å². The number of piperazine rings is 1. The van der Waals surface area contributed by atoms with Crippen LogP contribution in [-0.2, 0) is 14.3 Å². The third-order valence-corrected chi connectivity index (χ3v) is 11.3. The molecule has 57 heavy (non-hydrogen) atoms. The molecular formula is C44H46F2N6O5. The van der Waals surface area contributed by atoms with E-state index >= 15 is 4.39 Å². The van der Waals surface area contributed by atoms with E-state index in [1.165, 1.54) is 36.9 Å². The molecule has 2 aromatic heterocycles. The van der Waals surface area contributed by atoms with E-state index in [2.05, 4.69) is 60.3 Å². The monoisotopic (exact) mass is 776 g/mol. The van der Waals surface area contributed by atoms with Crippen LogP contribution < -0.4 is 9.64 Å². The van der Waals surface area contributed by atoms with E-state index in [-0.39, 0.29) is 75.4 Å². The average molecular weight is 777 g/mol. The van der Waals surface area contributed by atoms with Gasteiger partial charge in [0.2, 0.25) is 0 Å². The van der Waals surface area contributed by atoms with Gasteiger partial charge >= 0.3 is 12.0 Å². The largest absolute Gasteiger partial charge is 0.508 e. The fraction of sp³-hybridized carbons (Fsp3) is 0.432. The Bertz CT molecular complexity index is 2230. The van der Waals surface area contributed by atoms with E-state index in [9.17, 15) is 19.1 Å². The molecule has 3 atom stereocenters. The van der Waals surface area contributed by atoms with Crippen LogP contribution in [0.25, 0.3) is 32.9 Å². The van der Waals surface area contributed by atoms with Gasteiger partial charge in [0.25, 0.3) is 5.91 Å². The molecule has 2 aromatic carbocycles. The molecule has 0 radical (unpaired) electrons. The second-order valence-corrected chi connectivity index (χ2v) is 14.8. The molecule has 2 bridgehead atoms. The molecule has 1 amide bonds. The lowest BCUT2D eigenvalue weighted by atomic mass is 9.95. The second kappa shape index (κ2) is 17.0. The van der Waals surface area contributed by atoms with E-state index in [0.29, 0.717) is 36.3 Å². The molecule has 1 N–H and O–H groups in total. The number of anilines is 1. The van der Waals surface area contributed by atoms with Crippen molar-refractivity contribution in [3.05, 3.63) is 47.7 Å². The van der Waals surface area contributed by atoms with Crippen LogP contribution in [0.5, 0.6) is 11.8 Å². The average Bonchev–Trinajstić information content (AvgIpc) is 3.88. The molecular weight excluding hydrogens is 731 g/mol. The lowest BCUT2D eigenvalue weighted by Gasteiger charge is -2.43. The number of benzene rings is 2. The fourth-order valence-corrected chi connectivity index (χ4v) is 8.97. The Kier molecular flexibility index (Phi) is 12.2. The number of carbonyl (C=O) groups excluding carboxylic acids is 2. The van der Waals surface area contributed by atoms with Crippen molar-refractivity contribution in [2.24, 2.45) is 0 Å². The van der Waals surface area contributed by atoms with Crippen LogP contribution in [0.15, 0.2) is 30.5 Å². The summed E-state index contributed by atoms with van der Waals surface area (Å²) in [5.41, 5.74) is -0.236. The van der Waals surface area contributed by atoms with E-state index in [1.807, 2.05) is 9.80 Å². The Hall–Kier alpha value is -5.97. The predicted molar refractivity (Wildman–Crippen MR) is 214 cm³/mol. The quantitative estimate of drug-likeness (QED) is 0.178. The molecule has 7 heterocycles. The van der Waals surface area contributed by atoms with Gasteiger partial charge in [0.05, 0.1) is 22.9 Å². The van der Waals surface area contributed by atoms with E-state index in [4.69, 9.17) is 20.9 Å². The lowest BCUT2D eigenvalue weighted by molar-refractivity contribution is -0.180. The van der Waals surface area contributed by atoms with Gasteiger partial charge in [0.1, 0.15) is 35.2 Å². The Balaban J connectivity index is 0.000000740. The van der Waals surface area contributed by atoms with Crippen molar-refractivity contribution in [1.82, 2.24) is 24.8 Å². The summed E-state index contributed by atoms with van der Waals surface area (Å²) < 4.78 is 43.3. The molecule has 9 rings (SSSR count). The number of phenols is 1. The summed E-state index contributed by atoms with van der Waals surface area (Å²) >= 11 is 0. The molecule has 4 aromatic rings. The molecule has 5 fully saturated rings. The van der Waals surface area contributed by atoms with Crippen molar-refractivity contribution in [1.29, 1.82) is 0 Å². The first-order valence-electron chi connectivity index (χ1n) is 19.2. The first kappa shape index (κ1) is 40.7. The number of ether oxygens (including phenoxy) is 2. The zero-order valence-corrected chi connectivity index (χ0v) is 32.2. The minimum absolute atomic E-state index is 0.0278. The highest BCUT2D eigenvalue weighted by Gasteiger charge is 2.49. The van der Waals surface area contributed by atoms with Crippen molar-refractivity contribution in [3.63, 3.8) is 0 Å². The Labute approximate surface area is 331 Å². The standard InChI is InChI=1S/C37H34F2N6O5.C3H8.2C2H2/c1-2-24-27(38)8-5-20-13-23(46)14-25(30(20)24)32-31(39)33-26(16-40-32)34(42-36(41-33)49-19-37-9-3-11-44(37)12-4-10-37)43-17-21-6-7-22(18-43)45(21)35(48)28-15-29(47)50-28;1-3-2;2*1-2/h1,5,8,13-14,16,21-22,28,46H,3-4,6-7,9-12,15,17-19H2;3H2,1-2H3;2*1-2H/t21-,22+,28-;;;/m1.../s1. The summed E-state index contributed by atoms with van der Waals surface area (Å²) in [6.07, 6.45) is 29.5. The van der Waals surface area contributed by atoms with Crippen molar-refractivity contribution in [2.75, 3.05) is 37.7 Å². The van der Waals surface area contributed by atoms with Crippen LogP contribution in [0.3, 0.4) is 0 Å². The third-order valence-electron chi connectivity index (χ3n) is 11.3. The Morgan fingerprint density at radius 1 is 1.05 bits per heavy atom. The number of hydrogen-bond donors (Lipinski definition) is 1. The number of aromatic hydroxyl groups is 1. The number of amides is 1. The highest BCUT2D eigenvalue weighted by atomic mass is 19.1. The van der Waals surface area contributed by atoms with Gasteiger partial charge < -0.3 is 24.4 Å². The number of carbonyl (C=O) groups is 2. The number of esters is 1. The summed E-state index contributed by atoms with van der Waals surface area (Å²) in [4.78, 5) is 45.0. The lowest BCUT2D eigenvalue weighted by Crippen LogP contribution is -2.60. The second-order valence-electron chi connectivity index (χ2n) is 14.8. The Morgan fingerprint density at radius 2 is 1.70 bits per heavy atom. The maximum absolute atomic E-state index is 17.0. The van der Waals surface area contributed by atoms with E-state index in [1.54, 1.807) is 0 Å². The number of pyridine rings is 1. The Morgan fingerprint density at radius 3 is 2.32 bits per heavy atom. The number of aromatic nitrogens is 3. The molecule has 0 aliphatic carbocycles. The zero-order valence-electron chi connectivity index (χ0n) is 32.2. The molecule has 13 heteroatoms. The van der Waals surface area contributed by atoms with Crippen molar-refractivity contribution >= 4 is 39.4 Å². The summed E-state index contributed by atoms with van der Waals surface area (Å²) in [6.45, 7) is 7.50. The van der Waals surface area contributed by atoms with Gasteiger partial charge in [-0.1, -0.05) is 32.3 Å². The molecule has 0 unspecified atom stereocenters. The number of nitrogens with zero attached hydrogens (tertiary/aromatic N) is 6. The van der Waals surface area contributed by atoms with Crippen molar-refractivity contribution in [3.8, 4) is 61.1 Å². The highest BCUT2D eigenvalue weighted by Crippen LogP contribution is 2.42. The van der Waals surface area contributed by atoms with Crippen molar-refractivity contribution < 1.29 is 33.0 Å². The van der Waals surface area contributed by atoms with E-state index in [0.717, 1.165) is 51.6 Å². The number of phenolic OH excluding ortho intramolecular Hbond substituents is 1. The topological polar surface area (TPSA) is 121 Å². The summed E-state index contributed by atoms with van der Waals surface area (Å²) in [7, 11) is 0. The molecule has 5 saturated heterocycles. The smallest absolute Gasteiger partial charge is 0.319 e. The minimum Gasteiger partial charge on any atom is -0.508 e. The molecule has 5 aliphatic rings. The number of hydrogen-bond acceptors (Lipinski definition) is 10. The van der Waals surface area contributed by atoms with Gasteiger partial charge in [-0.2, -0.15) is 9.97 Å². The van der Waals surface area contributed by atoms with Crippen LogP contribution >= 0.6 is 0 Å². The predicted octanol–water partition coefficient (Wildman–Crippen LogP) is 6.23. The van der Waals surface area contributed by atoms with Gasteiger partial charge in [-0.3, -0.25) is 19.5 Å². The molecule has 5 aliphatic heterocycles. The van der Waals surface area contributed by atoms with E-state index < -0.39 is 17.7 Å². The SMILES string of the molecule is C#C.C#C.C#Cc1c(F)ccc2cc(O)cc(-c3ncc4c(N5C[C@H]6CC[C@@H](C5)N6C(=O)[C@H]5CC(=O)O5)nc(OCC56CCCN5CCC6)nc4c3F)c12.CCC. The third kappa shape index (κ3) is 7.38. The van der Waals surface area contributed by atoms with Gasteiger partial charge in [0, 0.05) is 42.3 Å². The minimum atomic E-state index is -0.791. The normalized spacial score (nSPS) is 21.4. The summed E-state index contributed by atoms with van der Waals surface area (Å²) in [5, 5.41) is 11.6. The highest BCUT2D eigenvalue weighted by molar-refractivity contribution is 6.03. The van der Waals surface area contributed by atoms with Crippen LogP contribution in [0.1, 0.15) is 70.8 Å². The molecule has 296 valence electrons. The van der Waals surface area contributed by atoms with Gasteiger partial charge in [-0.05, 0) is 75.2 Å². The van der Waals surface area contributed by atoms with Gasteiger partial charge in [-0.15, -0.1) is 32.1 Å². The van der Waals surface area contributed by atoms with Crippen LogP contribution in [-0.4, -0.2) is 98.2 Å². The number of cyclic esters (lactones) is 1. The van der Waals surface area contributed by atoms with Crippen LogP contribution in [0.2, 0.25) is 0 Å². The molecule has 0 spiro atoms. The number of fused-ring (bicyclic) bond motifs is 5. The van der Waals surface area contributed by atoms with Gasteiger partial charge in [-0.25, -0.2) is 8.78 Å².